The first kappa shape index (κ1) is 20.5. The summed E-state index contributed by atoms with van der Waals surface area (Å²) in [5.74, 6) is -1.56. The number of aromatic hydroxyl groups is 1. The van der Waals surface area contributed by atoms with E-state index in [1.54, 1.807) is 6.92 Å². The van der Waals surface area contributed by atoms with Gasteiger partial charge in [-0.15, -0.1) is 0 Å². The molecule has 0 saturated carbocycles. The quantitative estimate of drug-likeness (QED) is 0.386. The van der Waals surface area contributed by atoms with E-state index in [-0.39, 0.29) is 33.8 Å². The molecule has 2 aromatic carbocycles. The minimum atomic E-state index is -1.69. The molecule has 1 aliphatic carbocycles. The Bertz CT molecular complexity index is 1030. The summed E-state index contributed by atoms with van der Waals surface area (Å²) in [5.41, 5.74) is 0.446. The standard InChI is InChI=1S/C21H20O9/c1-8-5-10-15(18(26)14-9(16(10)24)3-2-4-11(14)23)12(6-8)29-21-20(28)19(27)17(25)13(7-22)30-21/h2-6,13,17,19-23,25,27-28H,7H2,1H3/t13-,17-,19-,20-,21-/m0/s1. The van der Waals surface area contributed by atoms with Crippen LogP contribution in [-0.2, 0) is 4.74 Å². The number of phenols is 1. The minimum absolute atomic E-state index is 0.0666. The van der Waals surface area contributed by atoms with Crippen molar-refractivity contribution in [3.05, 3.63) is 58.1 Å². The van der Waals surface area contributed by atoms with Gasteiger partial charge in [0.2, 0.25) is 12.1 Å². The van der Waals surface area contributed by atoms with Gasteiger partial charge >= 0.3 is 0 Å². The smallest absolute Gasteiger partial charge is 0.229 e. The van der Waals surface area contributed by atoms with E-state index in [9.17, 15) is 35.1 Å². The van der Waals surface area contributed by atoms with E-state index >= 15 is 0 Å². The lowest BCUT2D eigenvalue weighted by atomic mass is 9.82. The molecular formula is C21H20O9. The topological polar surface area (TPSA) is 154 Å². The van der Waals surface area contributed by atoms with E-state index in [2.05, 4.69) is 0 Å². The maximum Gasteiger partial charge on any atom is 0.229 e. The molecule has 5 N–H and O–H groups in total. The van der Waals surface area contributed by atoms with Gasteiger partial charge in [0.05, 0.1) is 17.7 Å². The highest BCUT2D eigenvalue weighted by molar-refractivity contribution is 6.30. The molecule has 0 bridgehead atoms. The molecular weight excluding hydrogens is 396 g/mol. The number of ketones is 2. The summed E-state index contributed by atoms with van der Waals surface area (Å²) in [4.78, 5) is 26.1. The van der Waals surface area contributed by atoms with Crippen molar-refractivity contribution >= 4 is 11.6 Å². The number of phenolic OH excluding ortho intramolecular Hbond substituents is 1. The summed E-state index contributed by atoms with van der Waals surface area (Å²) in [6.45, 7) is 1.03. The molecule has 158 valence electrons. The van der Waals surface area contributed by atoms with Crippen LogP contribution in [-0.4, -0.2) is 74.4 Å². The zero-order chi connectivity index (χ0) is 21.7. The number of carbonyl (C=O) groups is 2. The van der Waals surface area contributed by atoms with Gasteiger partial charge in [-0.25, -0.2) is 0 Å². The Hall–Kier alpha value is -2.82. The van der Waals surface area contributed by atoms with E-state index < -0.39 is 48.9 Å². The number of ether oxygens (including phenoxy) is 2. The fourth-order valence-electron chi connectivity index (χ4n) is 3.79. The molecule has 9 nitrogen and oxygen atoms in total. The van der Waals surface area contributed by atoms with E-state index in [1.165, 1.54) is 30.3 Å². The second-order valence-electron chi connectivity index (χ2n) is 7.36. The van der Waals surface area contributed by atoms with Gasteiger partial charge < -0.3 is 35.0 Å². The number of benzene rings is 2. The van der Waals surface area contributed by atoms with E-state index in [0.717, 1.165) is 0 Å². The molecule has 30 heavy (non-hydrogen) atoms. The summed E-state index contributed by atoms with van der Waals surface area (Å²) in [6, 6.07) is 7.17. The van der Waals surface area contributed by atoms with Crippen LogP contribution < -0.4 is 4.74 Å². The summed E-state index contributed by atoms with van der Waals surface area (Å²) in [5, 5.41) is 49.6. The van der Waals surface area contributed by atoms with Crippen molar-refractivity contribution in [3.8, 4) is 11.5 Å². The number of hydrogen-bond acceptors (Lipinski definition) is 9. The van der Waals surface area contributed by atoms with Crippen LogP contribution >= 0.6 is 0 Å². The number of fused-ring (bicyclic) bond motifs is 2. The number of rotatable bonds is 3. The van der Waals surface area contributed by atoms with Crippen LogP contribution in [0.2, 0.25) is 0 Å². The molecule has 1 heterocycles. The average Bonchev–Trinajstić information content (AvgIpc) is 2.71. The third kappa shape index (κ3) is 3.08. The number of hydrogen-bond donors (Lipinski definition) is 5. The first-order valence-corrected chi connectivity index (χ1v) is 9.27. The van der Waals surface area contributed by atoms with Gasteiger partial charge in [-0.05, 0) is 30.7 Å². The Morgan fingerprint density at radius 2 is 1.70 bits per heavy atom. The lowest BCUT2D eigenvalue weighted by Gasteiger charge is -2.39. The predicted molar refractivity (Wildman–Crippen MR) is 101 cm³/mol. The molecule has 9 heteroatoms. The molecule has 2 aliphatic rings. The van der Waals surface area contributed by atoms with Crippen LogP contribution in [0.25, 0.3) is 0 Å². The van der Waals surface area contributed by atoms with Crippen LogP contribution in [0.5, 0.6) is 11.5 Å². The Labute approximate surface area is 170 Å². The van der Waals surface area contributed by atoms with Gasteiger partial charge in [0, 0.05) is 11.1 Å². The van der Waals surface area contributed by atoms with Crippen molar-refractivity contribution in [2.75, 3.05) is 6.61 Å². The largest absolute Gasteiger partial charge is 0.507 e. The predicted octanol–water partition coefficient (Wildman–Crippen LogP) is -0.345. The van der Waals surface area contributed by atoms with E-state index in [4.69, 9.17) is 9.47 Å². The Kier molecular flexibility index (Phi) is 5.08. The molecule has 1 aliphatic heterocycles. The molecule has 0 aromatic heterocycles. The van der Waals surface area contributed by atoms with Crippen LogP contribution in [0, 0.1) is 6.92 Å². The zero-order valence-electron chi connectivity index (χ0n) is 15.8. The minimum Gasteiger partial charge on any atom is -0.507 e. The number of aliphatic hydroxyl groups excluding tert-OH is 4. The van der Waals surface area contributed by atoms with Gasteiger partial charge in [0.25, 0.3) is 0 Å². The fourth-order valence-corrected chi connectivity index (χ4v) is 3.79. The maximum atomic E-state index is 13.1. The molecule has 1 saturated heterocycles. The van der Waals surface area contributed by atoms with E-state index in [0.29, 0.717) is 5.56 Å². The van der Waals surface area contributed by atoms with Gasteiger partial charge in [-0.3, -0.25) is 9.59 Å². The SMILES string of the molecule is Cc1cc(O[C@H]2O[C@@H](CO)[C@H](O)[C@H](O)[C@@H]2O)c2c(c1)C(=O)c1cccc(O)c1C2=O. The van der Waals surface area contributed by atoms with E-state index in [1.807, 2.05) is 0 Å². The molecule has 5 atom stereocenters. The first-order chi connectivity index (χ1) is 14.2. The zero-order valence-corrected chi connectivity index (χ0v) is 15.8. The first-order valence-electron chi connectivity index (χ1n) is 9.27. The van der Waals surface area contributed by atoms with Crippen molar-refractivity contribution in [2.45, 2.75) is 37.6 Å². The Morgan fingerprint density at radius 1 is 0.967 bits per heavy atom. The lowest BCUT2D eigenvalue weighted by Crippen LogP contribution is -2.60. The average molecular weight is 416 g/mol. The van der Waals surface area contributed by atoms with Gasteiger partial charge in [0.1, 0.15) is 35.9 Å². The highest BCUT2D eigenvalue weighted by Gasteiger charge is 2.45. The van der Waals surface area contributed by atoms with Gasteiger partial charge in [0.15, 0.2) is 5.78 Å². The van der Waals surface area contributed by atoms with Crippen LogP contribution in [0.1, 0.15) is 37.4 Å². The monoisotopic (exact) mass is 416 g/mol. The third-order valence-electron chi connectivity index (χ3n) is 5.32. The highest BCUT2D eigenvalue weighted by Crippen LogP contribution is 2.38. The second kappa shape index (κ2) is 7.46. The summed E-state index contributed by atoms with van der Waals surface area (Å²) in [7, 11) is 0. The number of aliphatic hydroxyl groups is 4. The molecule has 0 spiro atoms. The van der Waals surface area contributed by atoms with Crippen LogP contribution in [0.15, 0.2) is 30.3 Å². The molecule has 0 unspecified atom stereocenters. The normalized spacial score (nSPS) is 28.1. The van der Waals surface area contributed by atoms with Crippen LogP contribution in [0.4, 0.5) is 0 Å². The summed E-state index contributed by atoms with van der Waals surface area (Å²) >= 11 is 0. The fraction of sp³-hybridized carbons (Fsp3) is 0.333. The van der Waals surface area contributed by atoms with Crippen molar-refractivity contribution in [2.24, 2.45) is 0 Å². The molecule has 0 amide bonds. The maximum absolute atomic E-state index is 13.1. The summed E-state index contributed by atoms with van der Waals surface area (Å²) < 4.78 is 11.0. The summed E-state index contributed by atoms with van der Waals surface area (Å²) in [6.07, 6.45) is -7.64. The van der Waals surface area contributed by atoms with Gasteiger partial charge in [-0.2, -0.15) is 0 Å². The lowest BCUT2D eigenvalue weighted by molar-refractivity contribution is -0.277. The second-order valence-corrected chi connectivity index (χ2v) is 7.36. The van der Waals surface area contributed by atoms with Crippen molar-refractivity contribution in [1.29, 1.82) is 0 Å². The van der Waals surface area contributed by atoms with Crippen LogP contribution in [0.3, 0.4) is 0 Å². The van der Waals surface area contributed by atoms with Crippen molar-refractivity contribution in [1.82, 2.24) is 0 Å². The molecule has 1 fully saturated rings. The van der Waals surface area contributed by atoms with Gasteiger partial charge in [-0.1, -0.05) is 12.1 Å². The Morgan fingerprint density at radius 3 is 2.40 bits per heavy atom. The highest BCUT2D eigenvalue weighted by atomic mass is 16.7. The third-order valence-corrected chi connectivity index (χ3v) is 5.32. The molecule has 4 rings (SSSR count). The van der Waals surface area contributed by atoms with Crippen molar-refractivity contribution < 1.29 is 44.6 Å². The molecule has 2 aromatic rings. The number of aryl methyl sites for hydroxylation is 1. The molecule has 0 radical (unpaired) electrons. The Balaban J connectivity index is 1.78. The van der Waals surface area contributed by atoms with Crippen molar-refractivity contribution in [3.63, 3.8) is 0 Å². The number of carbonyl (C=O) groups excluding carboxylic acids is 2.